The van der Waals surface area contributed by atoms with E-state index >= 15 is 0 Å². The molecule has 0 atom stereocenters. The zero-order valence-electron chi connectivity index (χ0n) is 17.0. The Morgan fingerprint density at radius 3 is 2.67 bits per heavy atom. The van der Waals surface area contributed by atoms with Crippen LogP contribution in [0, 0.1) is 0 Å². The molecule has 1 aromatic carbocycles. The van der Waals surface area contributed by atoms with Crippen molar-refractivity contribution in [3.63, 3.8) is 0 Å². The van der Waals surface area contributed by atoms with Gasteiger partial charge in [-0.15, -0.1) is 11.3 Å². The van der Waals surface area contributed by atoms with Gasteiger partial charge in [-0.25, -0.2) is 9.97 Å². The van der Waals surface area contributed by atoms with Crippen molar-refractivity contribution in [3.05, 3.63) is 40.5 Å². The minimum absolute atomic E-state index is 0.0743. The number of hydrogen-bond donors (Lipinski definition) is 2. The molecule has 1 amide bonds. The maximum atomic E-state index is 11.3. The Bertz CT molecular complexity index is 1070. The molecule has 0 saturated carbocycles. The lowest BCUT2D eigenvalue weighted by Crippen LogP contribution is -2.36. The third-order valence-electron chi connectivity index (χ3n) is 5.55. The SMILES string of the molecule is CC(=O)Nc1ccc(Nc2nc(CN3CCOCC3)nc3sc4c(c23)CCC4)cc1. The standard InChI is InChI=1S/C22H25N5O2S/c1-14(28)23-15-5-7-16(8-6-15)24-21-20-17-3-2-4-18(17)30-22(20)26-19(25-21)13-27-9-11-29-12-10-27/h5-8H,2-4,9-13H2,1H3,(H,23,28)(H,24,25,26). The summed E-state index contributed by atoms with van der Waals surface area (Å²) in [4.78, 5) is 26.0. The number of anilines is 3. The lowest BCUT2D eigenvalue weighted by Gasteiger charge is -2.25. The number of carbonyl (C=O) groups excluding carboxylic acids is 1. The predicted molar refractivity (Wildman–Crippen MR) is 120 cm³/mol. The summed E-state index contributed by atoms with van der Waals surface area (Å²) in [5.41, 5.74) is 3.13. The summed E-state index contributed by atoms with van der Waals surface area (Å²) < 4.78 is 5.47. The second-order valence-electron chi connectivity index (χ2n) is 7.80. The van der Waals surface area contributed by atoms with Gasteiger partial charge in [0.15, 0.2) is 0 Å². The highest BCUT2D eigenvalue weighted by molar-refractivity contribution is 7.19. The molecular formula is C22H25N5O2S. The van der Waals surface area contributed by atoms with Gasteiger partial charge in [0.1, 0.15) is 16.5 Å². The second kappa shape index (κ2) is 8.29. The summed E-state index contributed by atoms with van der Waals surface area (Å²) in [6.45, 7) is 5.60. The van der Waals surface area contributed by atoms with Gasteiger partial charge in [0.25, 0.3) is 0 Å². The molecule has 0 spiro atoms. The Morgan fingerprint density at radius 1 is 1.13 bits per heavy atom. The van der Waals surface area contributed by atoms with E-state index in [1.807, 2.05) is 35.6 Å². The van der Waals surface area contributed by atoms with Crippen LogP contribution in [0.2, 0.25) is 0 Å². The summed E-state index contributed by atoms with van der Waals surface area (Å²) in [6, 6.07) is 7.73. The average Bonchev–Trinajstić information content (AvgIpc) is 3.31. The largest absolute Gasteiger partial charge is 0.379 e. The molecule has 2 aromatic heterocycles. The van der Waals surface area contributed by atoms with Gasteiger partial charge in [0.2, 0.25) is 5.91 Å². The van der Waals surface area contributed by atoms with Crippen molar-refractivity contribution >= 4 is 44.7 Å². The Labute approximate surface area is 179 Å². The van der Waals surface area contributed by atoms with E-state index in [4.69, 9.17) is 14.7 Å². The first-order chi connectivity index (χ1) is 14.7. The summed E-state index contributed by atoms with van der Waals surface area (Å²) in [5.74, 6) is 1.66. The first kappa shape index (κ1) is 19.4. The topological polar surface area (TPSA) is 79.4 Å². The molecule has 1 aliphatic heterocycles. The minimum atomic E-state index is -0.0743. The lowest BCUT2D eigenvalue weighted by atomic mass is 10.2. The van der Waals surface area contributed by atoms with E-state index in [0.717, 1.165) is 73.5 Å². The number of fused-ring (bicyclic) bond motifs is 3. The number of ether oxygens (including phenoxy) is 1. The van der Waals surface area contributed by atoms with Crippen LogP contribution in [0.4, 0.5) is 17.2 Å². The third-order valence-corrected chi connectivity index (χ3v) is 6.73. The Balaban J connectivity index is 1.47. The van der Waals surface area contributed by atoms with Gasteiger partial charge in [-0.05, 0) is 49.1 Å². The molecule has 7 nitrogen and oxygen atoms in total. The van der Waals surface area contributed by atoms with Crippen LogP contribution in [0.25, 0.3) is 10.2 Å². The molecule has 2 N–H and O–H groups in total. The highest BCUT2D eigenvalue weighted by Gasteiger charge is 2.23. The number of aryl methyl sites for hydroxylation is 2. The monoisotopic (exact) mass is 423 g/mol. The number of nitrogens with one attached hydrogen (secondary N) is 2. The van der Waals surface area contributed by atoms with E-state index in [2.05, 4.69) is 15.5 Å². The molecule has 30 heavy (non-hydrogen) atoms. The highest BCUT2D eigenvalue weighted by Crippen LogP contribution is 2.40. The predicted octanol–water partition coefficient (Wildman–Crippen LogP) is 3.71. The second-order valence-corrected chi connectivity index (χ2v) is 8.88. The number of morpholine rings is 1. The van der Waals surface area contributed by atoms with Crippen LogP contribution in [0.3, 0.4) is 0 Å². The Morgan fingerprint density at radius 2 is 1.90 bits per heavy atom. The molecule has 1 saturated heterocycles. The number of carbonyl (C=O) groups is 1. The van der Waals surface area contributed by atoms with Crippen molar-refractivity contribution in [1.82, 2.24) is 14.9 Å². The van der Waals surface area contributed by atoms with Crippen LogP contribution in [-0.2, 0) is 28.9 Å². The van der Waals surface area contributed by atoms with E-state index in [0.29, 0.717) is 0 Å². The quantitative estimate of drug-likeness (QED) is 0.651. The van der Waals surface area contributed by atoms with E-state index < -0.39 is 0 Å². The van der Waals surface area contributed by atoms with Gasteiger partial charge >= 0.3 is 0 Å². The van der Waals surface area contributed by atoms with Crippen LogP contribution in [-0.4, -0.2) is 47.1 Å². The fraction of sp³-hybridized carbons (Fsp3) is 0.409. The first-order valence-corrected chi connectivity index (χ1v) is 11.2. The van der Waals surface area contributed by atoms with Crippen molar-refractivity contribution in [3.8, 4) is 0 Å². The molecule has 3 heterocycles. The fourth-order valence-corrected chi connectivity index (χ4v) is 5.42. The van der Waals surface area contributed by atoms with Crippen LogP contribution < -0.4 is 10.6 Å². The van der Waals surface area contributed by atoms with E-state index in [1.165, 1.54) is 29.2 Å². The first-order valence-electron chi connectivity index (χ1n) is 10.4. The number of thiophene rings is 1. The van der Waals surface area contributed by atoms with Crippen molar-refractivity contribution < 1.29 is 9.53 Å². The fourth-order valence-electron chi connectivity index (χ4n) is 4.14. The maximum Gasteiger partial charge on any atom is 0.221 e. The Kier molecular flexibility index (Phi) is 5.37. The number of amides is 1. The molecule has 1 fully saturated rings. The molecule has 0 unspecified atom stereocenters. The van der Waals surface area contributed by atoms with Gasteiger partial charge in [0.05, 0.1) is 25.1 Å². The van der Waals surface area contributed by atoms with Gasteiger partial charge in [-0.2, -0.15) is 0 Å². The lowest BCUT2D eigenvalue weighted by molar-refractivity contribution is -0.114. The zero-order chi connectivity index (χ0) is 20.5. The molecule has 0 radical (unpaired) electrons. The maximum absolute atomic E-state index is 11.3. The molecule has 3 aromatic rings. The Hall–Kier alpha value is -2.55. The summed E-state index contributed by atoms with van der Waals surface area (Å²) >= 11 is 1.81. The van der Waals surface area contributed by atoms with Gasteiger partial charge in [-0.1, -0.05) is 0 Å². The molecule has 5 rings (SSSR count). The van der Waals surface area contributed by atoms with Crippen molar-refractivity contribution in [2.24, 2.45) is 0 Å². The molecule has 156 valence electrons. The number of nitrogens with zero attached hydrogens (tertiary/aromatic N) is 3. The smallest absolute Gasteiger partial charge is 0.221 e. The molecule has 2 aliphatic rings. The van der Waals surface area contributed by atoms with Crippen LogP contribution in [0.5, 0.6) is 0 Å². The van der Waals surface area contributed by atoms with Gasteiger partial charge < -0.3 is 15.4 Å². The van der Waals surface area contributed by atoms with Gasteiger partial charge in [-0.3, -0.25) is 9.69 Å². The van der Waals surface area contributed by atoms with E-state index in [9.17, 15) is 4.79 Å². The van der Waals surface area contributed by atoms with Crippen LogP contribution >= 0.6 is 11.3 Å². The summed E-state index contributed by atoms with van der Waals surface area (Å²) in [7, 11) is 0. The molecule has 0 bridgehead atoms. The van der Waals surface area contributed by atoms with E-state index in [-0.39, 0.29) is 5.91 Å². The van der Waals surface area contributed by atoms with Crippen molar-refractivity contribution in [2.75, 3.05) is 36.9 Å². The zero-order valence-corrected chi connectivity index (χ0v) is 17.8. The molecular weight excluding hydrogens is 398 g/mol. The van der Waals surface area contributed by atoms with Crippen molar-refractivity contribution in [2.45, 2.75) is 32.7 Å². The minimum Gasteiger partial charge on any atom is -0.379 e. The van der Waals surface area contributed by atoms with Crippen LogP contribution in [0.15, 0.2) is 24.3 Å². The molecule has 8 heteroatoms. The summed E-state index contributed by atoms with van der Waals surface area (Å²) in [5, 5.41) is 7.49. The number of hydrogen-bond acceptors (Lipinski definition) is 7. The summed E-state index contributed by atoms with van der Waals surface area (Å²) in [6.07, 6.45) is 3.44. The third kappa shape index (κ3) is 4.03. The number of rotatable bonds is 5. The number of aromatic nitrogens is 2. The molecule has 1 aliphatic carbocycles. The highest BCUT2D eigenvalue weighted by atomic mass is 32.1. The normalized spacial score (nSPS) is 16.6. The number of benzene rings is 1. The van der Waals surface area contributed by atoms with E-state index in [1.54, 1.807) is 0 Å². The van der Waals surface area contributed by atoms with Crippen molar-refractivity contribution in [1.29, 1.82) is 0 Å². The average molecular weight is 424 g/mol. The van der Waals surface area contributed by atoms with Crippen LogP contribution in [0.1, 0.15) is 29.6 Å². The van der Waals surface area contributed by atoms with Gasteiger partial charge in [0, 0.05) is 36.3 Å².